The minimum atomic E-state index is -0.343. The molecule has 0 aliphatic heterocycles. The van der Waals surface area contributed by atoms with Crippen LogP contribution < -0.4 is 15.0 Å². The summed E-state index contributed by atoms with van der Waals surface area (Å²) in [7, 11) is 1.57. The largest absolute Gasteiger partial charge is 0.493 e. The van der Waals surface area contributed by atoms with Gasteiger partial charge in [0, 0.05) is 20.4 Å². The van der Waals surface area contributed by atoms with E-state index in [1.807, 2.05) is 48.5 Å². The molecule has 0 aliphatic carbocycles. The monoisotopic (exact) mass is 613 g/mol. The van der Waals surface area contributed by atoms with Crippen LogP contribution in [-0.2, 0) is 6.61 Å². The molecule has 0 spiro atoms. The highest BCUT2D eigenvalue weighted by molar-refractivity contribution is 9.10. The number of ether oxygens (including phenoxy) is 2. The van der Waals surface area contributed by atoms with Gasteiger partial charge in [-0.2, -0.15) is 9.78 Å². The molecule has 0 bridgehead atoms. The third-order valence-corrected chi connectivity index (χ3v) is 6.95. The molecule has 198 valence electrons. The molecule has 0 atom stereocenters. The molecule has 0 radical (unpaired) electrons. The van der Waals surface area contributed by atoms with Gasteiger partial charge in [0.2, 0.25) is 5.82 Å². The summed E-state index contributed by atoms with van der Waals surface area (Å²) >= 11 is 9.71. The maximum Gasteiger partial charge on any atom is 0.282 e. The molecule has 6 rings (SSSR count). The number of aromatic nitrogens is 2. The smallest absolute Gasteiger partial charge is 0.282 e. The van der Waals surface area contributed by atoms with Crippen LogP contribution in [0.15, 0.2) is 110 Å². The predicted molar refractivity (Wildman–Crippen MR) is 161 cm³/mol. The number of furan rings is 1. The van der Waals surface area contributed by atoms with Gasteiger partial charge in [0.25, 0.3) is 5.56 Å². The van der Waals surface area contributed by atoms with Crippen molar-refractivity contribution < 1.29 is 13.9 Å². The number of fused-ring (bicyclic) bond motifs is 2. The lowest BCUT2D eigenvalue weighted by Crippen LogP contribution is -2.20. The van der Waals surface area contributed by atoms with Crippen molar-refractivity contribution in [2.75, 3.05) is 7.11 Å². The van der Waals surface area contributed by atoms with E-state index >= 15 is 0 Å². The summed E-state index contributed by atoms with van der Waals surface area (Å²) in [6.45, 7) is 0.323. The van der Waals surface area contributed by atoms with Gasteiger partial charge in [0.15, 0.2) is 17.3 Å². The normalized spacial score (nSPS) is 11.5. The quantitative estimate of drug-likeness (QED) is 0.172. The highest BCUT2D eigenvalue weighted by atomic mass is 79.9. The molecule has 40 heavy (non-hydrogen) atoms. The summed E-state index contributed by atoms with van der Waals surface area (Å²) in [6, 6.07) is 27.7. The molecule has 7 nitrogen and oxygen atoms in total. The molecular weight excluding hydrogens is 594 g/mol. The molecule has 0 saturated carbocycles. The van der Waals surface area contributed by atoms with Gasteiger partial charge < -0.3 is 13.9 Å². The summed E-state index contributed by atoms with van der Waals surface area (Å²) in [5.74, 6) is 1.63. The Kier molecular flexibility index (Phi) is 7.11. The van der Waals surface area contributed by atoms with Crippen molar-refractivity contribution >= 4 is 55.6 Å². The van der Waals surface area contributed by atoms with Crippen LogP contribution in [0.25, 0.3) is 33.5 Å². The zero-order chi connectivity index (χ0) is 27.6. The first-order valence-corrected chi connectivity index (χ1v) is 13.5. The van der Waals surface area contributed by atoms with Crippen molar-refractivity contribution in [3.05, 3.63) is 122 Å². The van der Waals surface area contributed by atoms with Gasteiger partial charge in [-0.25, -0.2) is 4.98 Å². The molecular formula is C31H21BrClN3O4. The van der Waals surface area contributed by atoms with Crippen molar-refractivity contribution in [3.63, 3.8) is 0 Å². The zero-order valence-corrected chi connectivity index (χ0v) is 23.5. The van der Waals surface area contributed by atoms with Crippen molar-refractivity contribution in [3.8, 4) is 23.1 Å². The Morgan fingerprint density at radius 1 is 1.02 bits per heavy atom. The first-order chi connectivity index (χ1) is 19.5. The molecule has 4 aromatic carbocycles. The van der Waals surface area contributed by atoms with Gasteiger partial charge in [-0.1, -0.05) is 70.0 Å². The number of halogens is 2. The Morgan fingerprint density at radius 2 is 1.82 bits per heavy atom. The van der Waals surface area contributed by atoms with Crippen LogP contribution in [0.3, 0.4) is 0 Å². The first kappa shape index (κ1) is 25.9. The number of nitrogens with zero attached hydrogens (tertiary/aromatic N) is 3. The number of hydrogen-bond acceptors (Lipinski definition) is 6. The Morgan fingerprint density at radius 3 is 2.65 bits per heavy atom. The fraction of sp³-hybridized carbons (Fsp3) is 0.0645. The van der Waals surface area contributed by atoms with E-state index in [0.717, 1.165) is 15.4 Å². The van der Waals surface area contributed by atoms with Crippen LogP contribution in [0, 0.1) is 0 Å². The summed E-state index contributed by atoms with van der Waals surface area (Å²) in [4.78, 5) is 18.4. The highest BCUT2D eigenvalue weighted by Gasteiger charge is 2.18. The average Bonchev–Trinajstić information content (AvgIpc) is 3.39. The van der Waals surface area contributed by atoms with Crippen LogP contribution >= 0.6 is 27.5 Å². The number of para-hydroxylation sites is 1. The summed E-state index contributed by atoms with van der Waals surface area (Å²) in [5.41, 5.74) is 2.40. The second-order valence-electron chi connectivity index (χ2n) is 8.91. The maximum absolute atomic E-state index is 13.7. The summed E-state index contributed by atoms with van der Waals surface area (Å²) < 4.78 is 19.8. The molecule has 2 aromatic heterocycles. The zero-order valence-electron chi connectivity index (χ0n) is 21.2. The molecule has 0 aliphatic rings. The van der Waals surface area contributed by atoms with E-state index in [9.17, 15) is 4.79 Å². The van der Waals surface area contributed by atoms with Gasteiger partial charge >= 0.3 is 0 Å². The highest BCUT2D eigenvalue weighted by Crippen LogP contribution is 2.35. The lowest BCUT2D eigenvalue weighted by molar-refractivity contribution is 0.284. The van der Waals surface area contributed by atoms with Crippen molar-refractivity contribution in [2.45, 2.75) is 6.61 Å². The van der Waals surface area contributed by atoms with E-state index in [1.165, 1.54) is 4.68 Å². The minimum absolute atomic E-state index is 0.251. The van der Waals surface area contributed by atoms with Gasteiger partial charge in [0.05, 0.1) is 24.2 Å². The minimum Gasteiger partial charge on any atom is -0.493 e. The van der Waals surface area contributed by atoms with E-state index in [4.69, 9.17) is 30.5 Å². The van der Waals surface area contributed by atoms with Gasteiger partial charge in [0.1, 0.15) is 12.2 Å². The van der Waals surface area contributed by atoms with Crippen molar-refractivity contribution in [1.82, 2.24) is 9.66 Å². The Labute approximate surface area is 242 Å². The van der Waals surface area contributed by atoms with Crippen LogP contribution in [0.5, 0.6) is 11.5 Å². The van der Waals surface area contributed by atoms with E-state index in [1.54, 1.807) is 55.8 Å². The third kappa shape index (κ3) is 5.11. The Bertz CT molecular complexity index is 1950. The van der Waals surface area contributed by atoms with E-state index < -0.39 is 0 Å². The number of hydrogen-bond donors (Lipinski definition) is 0. The topological polar surface area (TPSA) is 78.9 Å². The Hall–Kier alpha value is -4.40. The number of rotatable bonds is 7. The molecule has 6 aromatic rings. The average molecular weight is 615 g/mol. The predicted octanol–water partition coefficient (Wildman–Crippen LogP) is 7.70. The van der Waals surface area contributed by atoms with Crippen LogP contribution in [0.2, 0.25) is 5.02 Å². The molecule has 0 amide bonds. The molecule has 0 fully saturated rings. The van der Waals surface area contributed by atoms with Gasteiger partial charge in [-0.05, 0) is 54.1 Å². The molecule has 9 heteroatoms. The fourth-order valence-corrected chi connectivity index (χ4v) is 4.99. The van der Waals surface area contributed by atoms with Gasteiger partial charge in [-0.15, -0.1) is 0 Å². The number of benzene rings is 4. The third-order valence-electron chi connectivity index (χ3n) is 6.26. The lowest BCUT2D eigenvalue weighted by Gasteiger charge is -2.14. The lowest BCUT2D eigenvalue weighted by atomic mass is 10.2. The van der Waals surface area contributed by atoms with Crippen LogP contribution in [0.1, 0.15) is 11.1 Å². The van der Waals surface area contributed by atoms with E-state index in [-0.39, 0.29) is 11.4 Å². The standard InChI is InChI=1S/C31H21BrClN3O4/c1-38-27-16-22(32)13-21(29(27)39-18-19-7-3-2-4-8-19)17-34-36-30(35-25-10-6-5-9-24(25)31(36)37)28-15-20-14-23(33)11-12-26(20)40-28/h2-17H,18H2,1H3. The number of methoxy groups -OCH3 is 1. The maximum atomic E-state index is 13.7. The first-order valence-electron chi connectivity index (χ1n) is 12.3. The van der Waals surface area contributed by atoms with E-state index in [0.29, 0.717) is 50.9 Å². The second kappa shape index (κ2) is 11.0. The van der Waals surface area contributed by atoms with E-state index in [2.05, 4.69) is 21.0 Å². The second-order valence-corrected chi connectivity index (χ2v) is 10.3. The SMILES string of the molecule is COc1cc(Br)cc(C=Nn2c(-c3cc4cc(Cl)ccc4o3)nc3ccccc3c2=O)c1OCc1ccccc1. The molecule has 0 saturated heterocycles. The van der Waals surface area contributed by atoms with Crippen molar-refractivity contribution in [2.24, 2.45) is 5.10 Å². The van der Waals surface area contributed by atoms with Crippen molar-refractivity contribution in [1.29, 1.82) is 0 Å². The van der Waals surface area contributed by atoms with Crippen LogP contribution in [0.4, 0.5) is 0 Å². The Balaban J connectivity index is 1.49. The van der Waals surface area contributed by atoms with Gasteiger partial charge in [-0.3, -0.25) is 4.79 Å². The molecule has 2 heterocycles. The summed E-state index contributed by atoms with van der Waals surface area (Å²) in [6.07, 6.45) is 1.55. The summed E-state index contributed by atoms with van der Waals surface area (Å²) in [5, 5.41) is 6.39. The fourth-order valence-electron chi connectivity index (χ4n) is 4.36. The van der Waals surface area contributed by atoms with Crippen LogP contribution in [-0.4, -0.2) is 23.0 Å². The molecule has 0 unspecified atom stereocenters. The molecule has 0 N–H and O–H groups in total.